The van der Waals surface area contributed by atoms with Crippen LogP contribution in [0, 0.1) is 0 Å². The fourth-order valence-electron chi connectivity index (χ4n) is 1.82. The lowest BCUT2D eigenvalue weighted by molar-refractivity contribution is -0.137. The second-order valence-electron chi connectivity index (χ2n) is 4.45. The second kappa shape index (κ2) is 6.39. The van der Waals surface area contributed by atoms with E-state index in [9.17, 15) is 18.0 Å². The van der Waals surface area contributed by atoms with Gasteiger partial charge in [0.05, 0.1) is 11.1 Å². The Labute approximate surface area is 119 Å². The average Bonchev–Trinajstić information content (AvgIpc) is 2.47. The van der Waals surface area contributed by atoms with Gasteiger partial charge in [0.25, 0.3) is 5.91 Å². The van der Waals surface area contributed by atoms with E-state index in [1.165, 1.54) is 12.3 Å². The molecule has 1 N–H and O–H groups in total. The highest BCUT2D eigenvalue weighted by Crippen LogP contribution is 2.29. The number of hydrogen-bond donors (Lipinski definition) is 1. The predicted molar refractivity (Wildman–Crippen MR) is 71.7 cm³/mol. The number of nitrogens with zero attached hydrogens (tertiary/aromatic N) is 1. The van der Waals surface area contributed by atoms with Gasteiger partial charge in [0, 0.05) is 18.9 Å². The van der Waals surface area contributed by atoms with Gasteiger partial charge >= 0.3 is 6.18 Å². The summed E-state index contributed by atoms with van der Waals surface area (Å²) in [5, 5.41) is 2.65. The van der Waals surface area contributed by atoms with Crippen LogP contribution < -0.4 is 5.32 Å². The third kappa shape index (κ3) is 4.30. The minimum Gasteiger partial charge on any atom is -0.352 e. The molecule has 0 aliphatic rings. The van der Waals surface area contributed by atoms with Gasteiger partial charge in [0.2, 0.25) is 0 Å². The summed E-state index contributed by atoms with van der Waals surface area (Å²) in [7, 11) is 0. The molecule has 0 unspecified atom stereocenters. The molecule has 3 nitrogen and oxygen atoms in total. The average molecular weight is 294 g/mol. The third-order valence-corrected chi connectivity index (χ3v) is 2.88. The zero-order valence-corrected chi connectivity index (χ0v) is 11.0. The van der Waals surface area contributed by atoms with Gasteiger partial charge in [-0.05, 0) is 30.2 Å². The Hall–Kier alpha value is -2.37. The second-order valence-corrected chi connectivity index (χ2v) is 4.45. The minimum atomic E-state index is -4.35. The van der Waals surface area contributed by atoms with Gasteiger partial charge in [-0.2, -0.15) is 13.2 Å². The fourth-order valence-corrected chi connectivity index (χ4v) is 1.82. The summed E-state index contributed by atoms with van der Waals surface area (Å²) in [5.74, 6) is -0.296. The number of halogens is 3. The van der Waals surface area contributed by atoms with Crippen molar-refractivity contribution in [1.82, 2.24) is 10.3 Å². The van der Waals surface area contributed by atoms with E-state index in [0.717, 1.165) is 12.1 Å². The van der Waals surface area contributed by atoms with Crippen LogP contribution in [-0.2, 0) is 12.6 Å². The van der Waals surface area contributed by atoms with E-state index in [-0.39, 0.29) is 12.5 Å². The first-order valence-electron chi connectivity index (χ1n) is 6.31. The minimum absolute atomic E-state index is 0.259. The van der Waals surface area contributed by atoms with Gasteiger partial charge in [-0.3, -0.25) is 9.78 Å². The van der Waals surface area contributed by atoms with Crippen LogP contribution in [0.5, 0.6) is 0 Å². The Bertz CT molecular complexity index is 612. The fraction of sp³-hybridized carbons (Fsp3) is 0.200. The summed E-state index contributed by atoms with van der Waals surface area (Å²) in [6, 6.07) is 8.34. The number of pyridine rings is 1. The highest BCUT2D eigenvalue weighted by molar-refractivity contribution is 5.93. The van der Waals surface area contributed by atoms with Crippen molar-refractivity contribution in [2.24, 2.45) is 0 Å². The molecule has 0 spiro atoms. The molecule has 1 aromatic carbocycles. The number of carbonyl (C=O) groups excluding carboxylic acids is 1. The molecule has 0 bridgehead atoms. The van der Waals surface area contributed by atoms with Gasteiger partial charge in [-0.1, -0.05) is 18.2 Å². The van der Waals surface area contributed by atoms with Crippen molar-refractivity contribution < 1.29 is 18.0 Å². The number of alkyl halides is 3. The van der Waals surface area contributed by atoms with Crippen LogP contribution in [-0.4, -0.2) is 17.4 Å². The molecule has 1 aromatic heterocycles. The lowest BCUT2D eigenvalue weighted by Crippen LogP contribution is -2.25. The molecule has 1 heterocycles. The zero-order chi connectivity index (χ0) is 15.3. The smallest absolute Gasteiger partial charge is 0.352 e. The highest BCUT2D eigenvalue weighted by Gasteiger charge is 2.30. The van der Waals surface area contributed by atoms with E-state index >= 15 is 0 Å². The van der Waals surface area contributed by atoms with Gasteiger partial charge in [0.1, 0.15) is 0 Å². The summed E-state index contributed by atoms with van der Waals surface area (Å²) in [6.07, 6.45) is -1.04. The maximum absolute atomic E-state index is 12.6. The van der Waals surface area contributed by atoms with E-state index < -0.39 is 11.7 Å². The summed E-state index contributed by atoms with van der Waals surface area (Å²) in [5.41, 5.74) is 0.261. The summed E-state index contributed by atoms with van der Waals surface area (Å²) in [6.45, 7) is 0.259. The summed E-state index contributed by atoms with van der Waals surface area (Å²) < 4.78 is 37.7. The molecule has 21 heavy (non-hydrogen) atoms. The Kier molecular flexibility index (Phi) is 4.57. The van der Waals surface area contributed by atoms with Crippen molar-refractivity contribution in [3.8, 4) is 0 Å². The molecule has 0 atom stereocenters. The Balaban J connectivity index is 1.91. The standard InChI is InChI=1S/C15H13F3N2O/c16-15(17,18)13-5-1-3-11(9-13)6-8-20-14(21)12-4-2-7-19-10-12/h1-5,7,9-10H,6,8H2,(H,20,21). The van der Waals surface area contributed by atoms with Gasteiger partial charge < -0.3 is 5.32 Å². The number of rotatable bonds is 4. The lowest BCUT2D eigenvalue weighted by Gasteiger charge is -2.09. The molecule has 2 aromatic rings. The van der Waals surface area contributed by atoms with Crippen LogP contribution in [0.15, 0.2) is 48.8 Å². The van der Waals surface area contributed by atoms with Crippen LogP contribution in [0.2, 0.25) is 0 Å². The quantitative estimate of drug-likeness (QED) is 0.941. The third-order valence-electron chi connectivity index (χ3n) is 2.88. The Morgan fingerprint density at radius 3 is 2.67 bits per heavy atom. The molecule has 1 amide bonds. The van der Waals surface area contributed by atoms with E-state index in [1.54, 1.807) is 24.4 Å². The molecule has 0 radical (unpaired) electrons. The van der Waals surface area contributed by atoms with Gasteiger partial charge in [0.15, 0.2) is 0 Å². The van der Waals surface area contributed by atoms with Crippen molar-refractivity contribution in [2.45, 2.75) is 12.6 Å². The molecule has 0 aliphatic heterocycles. The Morgan fingerprint density at radius 1 is 1.19 bits per heavy atom. The predicted octanol–water partition coefficient (Wildman–Crippen LogP) is 3.07. The number of aromatic nitrogens is 1. The van der Waals surface area contributed by atoms with Crippen LogP contribution in [0.25, 0.3) is 0 Å². The van der Waals surface area contributed by atoms with Crippen LogP contribution in [0.3, 0.4) is 0 Å². The molecular weight excluding hydrogens is 281 g/mol. The van der Waals surface area contributed by atoms with E-state index in [1.807, 2.05) is 0 Å². The summed E-state index contributed by atoms with van der Waals surface area (Å²) >= 11 is 0. The molecule has 2 rings (SSSR count). The maximum atomic E-state index is 12.6. The largest absolute Gasteiger partial charge is 0.416 e. The van der Waals surface area contributed by atoms with Crippen LogP contribution in [0.4, 0.5) is 13.2 Å². The number of hydrogen-bond acceptors (Lipinski definition) is 2. The van der Waals surface area contributed by atoms with E-state index in [0.29, 0.717) is 17.5 Å². The molecule has 0 fully saturated rings. The van der Waals surface area contributed by atoms with Crippen molar-refractivity contribution in [1.29, 1.82) is 0 Å². The molecular formula is C15H13F3N2O. The normalized spacial score (nSPS) is 11.2. The molecule has 110 valence electrons. The molecule has 0 aliphatic carbocycles. The lowest BCUT2D eigenvalue weighted by atomic mass is 10.1. The molecule has 0 saturated carbocycles. The van der Waals surface area contributed by atoms with Gasteiger partial charge in [-0.15, -0.1) is 0 Å². The Morgan fingerprint density at radius 2 is 2.00 bits per heavy atom. The molecule has 6 heteroatoms. The van der Waals surface area contributed by atoms with Crippen molar-refractivity contribution in [3.63, 3.8) is 0 Å². The first-order valence-corrected chi connectivity index (χ1v) is 6.31. The number of nitrogens with one attached hydrogen (secondary N) is 1. The maximum Gasteiger partial charge on any atom is 0.416 e. The van der Waals surface area contributed by atoms with Gasteiger partial charge in [-0.25, -0.2) is 0 Å². The van der Waals surface area contributed by atoms with Crippen molar-refractivity contribution in [2.75, 3.05) is 6.54 Å². The van der Waals surface area contributed by atoms with E-state index in [2.05, 4.69) is 10.3 Å². The monoisotopic (exact) mass is 294 g/mol. The van der Waals surface area contributed by atoms with Crippen LogP contribution in [0.1, 0.15) is 21.5 Å². The topological polar surface area (TPSA) is 42.0 Å². The first-order chi connectivity index (χ1) is 9.97. The highest BCUT2D eigenvalue weighted by atomic mass is 19.4. The van der Waals surface area contributed by atoms with Crippen molar-refractivity contribution in [3.05, 3.63) is 65.5 Å². The number of amides is 1. The molecule has 0 saturated heterocycles. The first kappa shape index (κ1) is 15.0. The SMILES string of the molecule is O=C(NCCc1cccc(C(F)(F)F)c1)c1cccnc1. The zero-order valence-electron chi connectivity index (χ0n) is 11.0. The number of carbonyl (C=O) groups is 1. The van der Waals surface area contributed by atoms with Crippen molar-refractivity contribution >= 4 is 5.91 Å². The van der Waals surface area contributed by atoms with Crippen LogP contribution >= 0.6 is 0 Å². The summed E-state index contributed by atoms with van der Waals surface area (Å²) in [4.78, 5) is 15.6. The van der Waals surface area contributed by atoms with E-state index in [4.69, 9.17) is 0 Å². The number of benzene rings is 1.